The second kappa shape index (κ2) is 12.4. The van der Waals surface area contributed by atoms with Crippen LogP contribution in [0.1, 0.15) is 49.9 Å². The van der Waals surface area contributed by atoms with E-state index < -0.39 is 0 Å². The first-order valence-corrected chi connectivity index (χ1v) is 18.4. The molecule has 11 rings (SSSR count). The highest BCUT2D eigenvalue weighted by atomic mass is 14.4. The molecule has 2 aliphatic rings. The fraction of sp³-hybridized carbons (Fsp3) is 0.115. The van der Waals surface area contributed by atoms with Gasteiger partial charge in [0, 0.05) is 10.8 Å². The highest BCUT2D eigenvalue weighted by Gasteiger charge is 2.36. The molecule has 0 saturated heterocycles. The third-order valence-electron chi connectivity index (χ3n) is 11.6. The van der Waals surface area contributed by atoms with Gasteiger partial charge in [-0.15, -0.1) is 0 Å². The van der Waals surface area contributed by atoms with Crippen LogP contribution in [0.4, 0.5) is 0 Å². The predicted octanol–water partition coefficient (Wildman–Crippen LogP) is 14.3. The van der Waals surface area contributed by atoms with Gasteiger partial charge in [0.05, 0.1) is 0 Å². The summed E-state index contributed by atoms with van der Waals surface area (Å²) in [4.78, 5) is 0. The average molecular weight is 667 g/mol. The van der Waals surface area contributed by atoms with Crippen molar-refractivity contribution in [3.8, 4) is 22.3 Å². The van der Waals surface area contributed by atoms with E-state index in [-0.39, 0.29) is 10.8 Å². The molecule has 0 nitrogen and oxygen atoms in total. The van der Waals surface area contributed by atoms with Gasteiger partial charge in [0.1, 0.15) is 0 Å². The number of hydrogen-bond donors (Lipinski definition) is 0. The molecular weight excluding hydrogens is 625 g/mol. The molecule has 52 heavy (non-hydrogen) atoms. The van der Waals surface area contributed by atoms with Crippen LogP contribution in [0.5, 0.6) is 0 Å². The summed E-state index contributed by atoms with van der Waals surface area (Å²) in [7, 11) is 0. The van der Waals surface area contributed by atoms with E-state index in [4.69, 9.17) is 0 Å². The Morgan fingerprint density at radius 3 is 1.29 bits per heavy atom. The van der Waals surface area contributed by atoms with Crippen molar-refractivity contribution >= 4 is 43.1 Å². The summed E-state index contributed by atoms with van der Waals surface area (Å²) >= 11 is 0. The summed E-state index contributed by atoms with van der Waals surface area (Å²) in [6.45, 7) is 9.30. The van der Waals surface area contributed by atoms with E-state index in [0.717, 1.165) is 0 Å². The quantitative estimate of drug-likeness (QED) is 0.141. The van der Waals surface area contributed by atoms with E-state index in [0.29, 0.717) is 0 Å². The van der Waals surface area contributed by atoms with Gasteiger partial charge in [-0.3, -0.25) is 0 Å². The Labute approximate surface area is 307 Å². The van der Waals surface area contributed by atoms with Crippen LogP contribution in [-0.2, 0) is 10.8 Å². The van der Waals surface area contributed by atoms with Crippen LogP contribution in [0.2, 0.25) is 0 Å². The molecule has 0 radical (unpaired) electrons. The second-order valence-corrected chi connectivity index (χ2v) is 15.3. The predicted molar refractivity (Wildman–Crippen MR) is 224 cm³/mol. The first-order valence-electron chi connectivity index (χ1n) is 18.4. The zero-order chi connectivity index (χ0) is 35.5. The summed E-state index contributed by atoms with van der Waals surface area (Å²) in [6, 6.07) is 65.6. The fourth-order valence-electron chi connectivity index (χ4n) is 8.82. The minimum atomic E-state index is 0.107. The standard InChI is InChI=1S/2C19H16.C14H10/c1-19(2)17-10-6-5-9-15(17)16-11-13-7-3-4-8-14(13)12-18(16)19;1-19(2)16-10-6-5-9-15(16)18-14-8-4-3-7-13(14)11-12-17(18)19;1-3-7-13-11(5-1)9-10-12-6-2-4-8-14(12)13/h2*3-12H,1-2H3;1-10H. The van der Waals surface area contributed by atoms with Crippen LogP contribution in [0.25, 0.3) is 65.3 Å². The summed E-state index contributed by atoms with van der Waals surface area (Å²) in [5, 5.41) is 10.7. The molecule has 0 atom stereocenters. The minimum Gasteiger partial charge on any atom is -0.0619 e. The summed E-state index contributed by atoms with van der Waals surface area (Å²) < 4.78 is 0. The molecular formula is C52H42. The maximum Gasteiger partial charge on any atom is 0.0159 e. The molecule has 0 saturated carbocycles. The number of rotatable bonds is 0. The van der Waals surface area contributed by atoms with Crippen LogP contribution in [0, 0.1) is 0 Å². The van der Waals surface area contributed by atoms with Crippen molar-refractivity contribution in [1.82, 2.24) is 0 Å². The average Bonchev–Trinajstić information content (AvgIpc) is 3.57. The van der Waals surface area contributed by atoms with E-state index in [9.17, 15) is 0 Å². The Balaban J connectivity index is 0.000000105. The third-order valence-corrected chi connectivity index (χ3v) is 11.6. The van der Waals surface area contributed by atoms with Crippen molar-refractivity contribution in [2.75, 3.05) is 0 Å². The van der Waals surface area contributed by atoms with Crippen molar-refractivity contribution in [3.63, 3.8) is 0 Å². The van der Waals surface area contributed by atoms with Crippen molar-refractivity contribution in [2.45, 2.75) is 38.5 Å². The molecule has 0 heteroatoms. The van der Waals surface area contributed by atoms with Gasteiger partial charge in [-0.2, -0.15) is 0 Å². The Morgan fingerprint density at radius 1 is 0.269 bits per heavy atom. The van der Waals surface area contributed by atoms with Crippen molar-refractivity contribution in [3.05, 3.63) is 204 Å². The molecule has 9 aromatic carbocycles. The molecule has 0 unspecified atom stereocenters. The number of benzene rings is 9. The van der Waals surface area contributed by atoms with E-state index in [2.05, 4.69) is 210 Å². The minimum absolute atomic E-state index is 0.107. The Hall–Kier alpha value is -5.98. The molecule has 0 spiro atoms. The summed E-state index contributed by atoms with van der Waals surface area (Å²) in [5.74, 6) is 0. The van der Waals surface area contributed by atoms with Gasteiger partial charge in [0.2, 0.25) is 0 Å². The van der Waals surface area contributed by atoms with Gasteiger partial charge in [0.25, 0.3) is 0 Å². The van der Waals surface area contributed by atoms with E-state index in [1.165, 1.54) is 87.6 Å². The molecule has 9 aromatic rings. The van der Waals surface area contributed by atoms with Crippen molar-refractivity contribution < 1.29 is 0 Å². The molecule has 0 aliphatic heterocycles. The summed E-state index contributed by atoms with van der Waals surface area (Å²) in [5.41, 5.74) is 11.6. The molecule has 0 fully saturated rings. The lowest BCUT2D eigenvalue weighted by Crippen LogP contribution is -2.14. The maximum absolute atomic E-state index is 2.37. The van der Waals surface area contributed by atoms with Crippen LogP contribution in [-0.4, -0.2) is 0 Å². The third kappa shape index (κ3) is 5.13. The second-order valence-electron chi connectivity index (χ2n) is 15.3. The Kier molecular flexibility index (Phi) is 7.60. The van der Waals surface area contributed by atoms with Gasteiger partial charge in [0.15, 0.2) is 0 Å². The van der Waals surface area contributed by atoms with Crippen LogP contribution in [0.3, 0.4) is 0 Å². The maximum atomic E-state index is 2.37. The highest BCUT2D eigenvalue weighted by Crippen LogP contribution is 2.51. The van der Waals surface area contributed by atoms with Gasteiger partial charge >= 0.3 is 0 Å². The monoisotopic (exact) mass is 666 g/mol. The van der Waals surface area contributed by atoms with E-state index >= 15 is 0 Å². The smallest absolute Gasteiger partial charge is 0.0159 e. The largest absolute Gasteiger partial charge is 0.0619 e. The van der Waals surface area contributed by atoms with Crippen molar-refractivity contribution in [1.29, 1.82) is 0 Å². The molecule has 250 valence electrons. The summed E-state index contributed by atoms with van der Waals surface area (Å²) in [6.07, 6.45) is 0. The van der Waals surface area contributed by atoms with Gasteiger partial charge in [-0.05, 0) is 99.7 Å². The molecule has 0 amide bonds. The van der Waals surface area contributed by atoms with Crippen molar-refractivity contribution in [2.24, 2.45) is 0 Å². The molecule has 0 aromatic heterocycles. The first-order chi connectivity index (χ1) is 25.3. The molecule has 0 heterocycles. The normalized spacial score (nSPS) is 14.1. The van der Waals surface area contributed by atoms with Crippen LogP contribution >= 0.6 is 0 Å². The van der Waals surface area contributed by atoms with Crippen LogP contribution in [0.15, 0.2) is 182 Å². The van der Waals surface area contributed by atoms with Crippen LogP contribution < -0.4 is 0 Å². The lowest BCUT2D eigenvalue weighted by molar-refractivity contribution is 0.661. The molecule has 0 N–H and O–H groups in total. The fourth-order valence-corrected chi connectivity index (χ4v) is 8.82. The zero-order valence-electron chi connectivity index (χ0n) is 30.3. The van der Waals surface area contributed by atoms with E-state index in [1.54, 1.807) is 0 Å². The first kappa shape index (κ1) is 32.0. The Morgan fingerprint density at radius 2 is 0.673 bits per heavy atom. The van der Waals surface area contributed by atoms with Gasteiger partial charge < -0.3 is 0 Å². The Bertz CT molecular complexity index is 2730. The lowest BCUT2D eigenvalue weighted by Gasteiger charge is -2.21. The molecule has 0 bridgehead atoms. The molecule has 2 aliphatic carbocycles. The lowest BCUT2D eigenvalue weighted by atomic mass is 9.82. The number of hydrogen-bond acceptors (Lipinski definition) is 0. The van der Waals surface area contributed by atoms with E-state index in [1.807, 2.05) is 0 Å². The topological polar surface area (TPSA) is 0 Å². The number of fused-ring (bicyclic) bond motifs is 12. The SMILES string of the molecule is CC1(C)c2ccccc2-c2c1ccc1ccccc21.CC1(C)c2ccccc2-c2cc3ccccc3cc21.c1ccc2c(c1)ccc1ccccc12. The zero-order valence-corrected chi connectivity index (χ0v) is 30.3. The van der Waals surface area contributed by atoms with Gasteiger partial charge in [-0.1, -0.05) is 198 Å². The van der Waals surface area contributed by atoms with Gasteiger partial charge in [-0.25, -0.2) is 0 Å². The highest BCUT2D eigenvalue weighted by molar-refractivity contribution is 6.07.